The fourth-order valence-corrected chi connectivity index (χ4v) is 5.09. The molecule has 2 rings (SSSR count). The zero-order valence-corrected chi connectivity index (χ0v) is 24.7. The van der Waals surface area contributed by atoms with E-state index in [-0.39, 0.29) is 18.2 Å². The second-order valence-electron chi connectivity index (χ2n) is 11.7. The summed E-state index contributed by atoms with van der Waals surface area (Å²) in [4.78, 5) is 64.9. The van der Waals surface area contributed by atoms with Crippen molar-refractivity contribution in [3.05, 3.63) is 35.9 Å². The van der Waals surface area contributed by atoms with Gasteiger partial charge in [0, 0.05) is 11.3 Å². The lowest BCUT2D eigenvalue weighted by Crippen LogP contribution is -2.59. The van der Waals surface area contributed by atoms with E-state index < -0.39 is 65.6 Å². The molecule has 1 aliphatic rings. The molecule has 1 saturated heterocycles. The topological polar surface area (TPSA) is 180 Å². The van der Waals surface area contributed by atoms with Crippen LogP contribution in [-0.4, -0.2) is 86.7 Å². The molecule has 0 unspecified atom stereocenters. The zero-order chi connectivity index (χ0) is 30.3. The minimum Gasteiger partial charge on any atom is -0.444 e. The Kier molecular flexibility index (Phi) is 11.4. The molecule has 0 aliphatic carbocycles. The lowest BCUT2D eigenvalue weighted by molar-refractivity contribution is -0.147. The first kappa shape index (κ1) is 32.9. The van der Waals surface area contributed by atoms with E-state index >= 15 is 0 Å². The summed E-state index contributed by atoms with van der Waals surface area (Å²) < 4.78 is 5.19. The van der Waals surface area contributed by atoms with Crippen LogP contribution in [-0.2, 0) is 30.3 Å². The Morgan fingerprint density at radius 2 is 1.70 bits per heavy atom. The molecule has 1 fully saturated rings. The van der Waals surface area contributed by atoms with E-state index in [1.54, 1.807) is 51.1 Å². The number of nitrogens with two attached hydrogens (primary N) is 1. The van der Waals surface area contributed by atoms with Gasteiger partial charge < -0.3 is 36.4 Å². The molecule has 1 aromatic rings. The average Bonchev–Trinajstić information content (AvgIpc) is 3.30. The normalized spacial score (nSPS) is 17.8. The highest BCUT2D eigenvalue weighted by atomic mass is 32.2. The smallest absolute Gasteiger partial charge is 0.408 e. The van der Waals surface area contributed by atoms with Crippen LogP contribution in [0.4, 0.5) is 4.79 Å². The third-order valence-electron chi connectivity index (χ3n) is 5.64. The van der Waals surface area contributed by atoms with Gasteiger partial charge in [-0.25, -0.2) is 4.79 Å². The third-order valence-corrected chi connectivity index (χ3v) is 6.65. The molecule has 1 heterocycles. The molecule has 5 amide bonds. The number of amides is 5. The molecule has 4 atom stereocenters. The third kappa shape index (κ3) is 10.7. The Labute approximate surface area is 239 Å². The SMILES string of the molecule is CC(C)(C)NC(=O)[C@@H]1CSCN1C(=O)[C@@H](O)[C@H](Cc1ccccc1)NC(=O)[C@H](CC(N)=O)NC(=O)OC(C)(C)C. The van der Waals surface area contributed by atoms with Crippen LogP contribution in [0.5, 0.6) is 0 Å². The Morgan fingerprint density at radius 1 is 1.07 bits per heavy atom. The number of alkyl carbamates (subject to hydrolysis) is 1. The minimum absolute atomic E-state index is 0.0506. The van der Waals surface area contributed by atoms with Crippen molar-refractivity contribution in [3.63, 3.8) is 0 Å². The van der Waals surface area contributed by atoms with E-state index in [0.717, 1.165) is 0 Å². The van der Waals surface area contributed by atoms with Gasteiger partial charge in [-0.1, -0.05) is 30.3 Å². The molecule has 40 heavy (non-hydrogen) atoms. The number of primary amides is 1. The van der Waals surface area contributed by atoms with Crippen molar-refractivity contribution >= 4 is 41.5 Å². The van der Waals surface area contributed by atoms with Crippen molar-refractivity contribution in [2.75, 3.05) is 11.6 Å². The number of rotatable bonds is 10. The van der Waals surface area contributed by atoms with Crippen molar-refractivity contribution in [2.24, 2.45) is 5.73 Å². The van der Waals surface area contributed by atoms with Crippen LogP contribution in [0.3, 0.4) is 0 Å². The first-order valence-corrected chi connectivity index (χ1v) is 14.1. The first-order valence-electron chi connectivity index (χ1n) is 13.0. The van der Waals surface area contributed by atoms with E-state index in [2.05, 4.69) is 16.0 Å². The highest BCUT2D eigenvalue weighted by molar-refractivity contribution is 7.99. The quantitative estimate of drug-likeness (QED) is 0.268. The number of benzene rings is 1. The molecular formula is C27H41N5O7S. The highest BCUT2D eigenvalue weighted by Gasteiger charge is 2.41. The highest BCUT2D eigenvalue weighted by Crippen LogP contribution is 2.24. The number of hydrogen-bond donors (Lipinski definition) is 5. The van der Waals surface area contributed by atoms with Crippen LogP contribution in [0, 0.1) is 0 Å². The molecule has 0 radical (unpaired) electrons. The van der Waals surface area contributed by atoms with Gasteiger partial charge >= 0.3 is 6.09 Å². The lowest BCUT2D eigenvalue weighted by Gasteiger charge is -2.32. The van der Waals surface area contributed by atoms with Gasteiger partial charge in [0.15, 0.2) is 6.10 Å². The van der Waals surface area contributed by atoms with Gasteiger partial charge in [-0.15, -0.1) is 11.8 Å². The van der Waals surface area contributed by atoms with Gasteiger partial charge in [-0.05, 0) is 53.5 Å². The van der Waals surface area contributed by atoms with Gasteiger partial charge in [0.2, 0.25) is 17.7 Å². The Hall–Kier alpha value is -3.32. The molecule has 0 spiro atoms. The van der Waals surface area contributed by atoms with Gasteiger partial charge in [0.1, 0.15) is 17.7 Å². The van der Waals surface area contributed by atoms with E-state index in [9.17, 15) is 29.1 Å². The van der Waals surface area contributed by atoms with Crippen LogP contribution in [0.1, 0.15) is 53.5 Å². The molecule has 12 nitrogen and oxygen atoms in total. The summed E-state index contributed by atoms with van der Waals surface area (Å²) in [6.07, 6.45) is -3.16. The maximum Gasteiger partial charge on any atom is 0.408 e. The summed E-state index contributed by atoms with van der Waals surface area (Å²) in [5, 5.41) is 19.0. The van der Waals surface area contributed by atoms with E-state index in [1.165, 1.54) is 16.7 Å². The number of aliphatic hydroxyl groups excluding tert-OH is 1. The maximum absolute atomic E-state index is 13.5. The minimum atomic E-state index is -1.73. The molecule has 0 aromatic heterocycles. The molecule has 6 N–H and O–H groups in total. The molecule has 1 aliphatic heterocycles. The standard InChI is InChI=1S/C27H41N5O7S/c1-26(2,3)31-23(36)19-14-40-15-32(19)24(37)21(34)17(12-16-10-8-7-9-11-16)29-22(35)18(13-20(28)33)30-25(38)39-27(4,5)6/h7-11,17-19,21,34H,12-15H2,1-6H3,(H2,28,33)(H,29,35)(H,30,38)(H,31,36)/t17-,18-,19-,21-/m0/s1. The first-order chi connectivity index (χ1) is 18.5. The molecule has 222 valence electrons. The number of ether oxygens (including phenoxy) is 1. The van der Waals surface area contributed by atoms with Crippen LogP contribution in [0.25, 0.3) is 0 Å². The average molecular weight is 580 g/mol. The van der Waals surface area contributed by atoms with Gasteiger partial charge in [-0.3, -0.25) is 19.2 Å². The number of hydrogen-bond acceptors (Lipinski definition) is 8. The summed E-state index contributed by atoms with van der Waals surface area (Å²) in [6.45, 7) is 10.4. The summed E-state index contributed by atoms with van der Waals surface area (Å²) in [5.41, 5.74) is 4.64. The van der Waals surface area contributed by atoms with Crippen LogP contribution >= 0.6 is 11.8 Å². The molecular weight excluding hydrogens is 538 g/mol. The van der Waals surface area contributed by atoms with Gasteiger partial charge in [0.05, 0.1) is 18.3 Å². The summed E-state index contributed by atoms with van der Waals surface area (Å²) in [6, 6.07) is 5.50. The Balaban J connectivity index is 2.28. The zero-order valence-electron chi connectivity index (χ0n) is 23.9. The van der Waals surface area contributed by atoms with Crippen LogP contribution < -0.4 is 21.7 Å². The van der Waals surface area contributed by atoms with E-state index in [0.29, 0.717) is 11.3 Å². The van der Waals surface area contributed by atoms with Crippen LogP contribution in [0.15, 0.2) is 30.3 Å². The summed E-state index contributed by atoms with van der Waals surface area (Å²) in [5.74, 6) is -2.22. The summed E-state index contributed by atoms with van der Waals surface area (Å²) >= 11 is 1.38. The van der Waals surface area contributed by atoms with Crippen molar-refractivity contribution in [1.29, 1.82) is 0 Å². The number of nitrogens with zero attached hydrogens (tertiary/aromatic N) is 1. The fourth-order valence-electron chi connectivity index (χ4n) is 3.93. The predicted octanol–water partition coefficient (Wildman–Crippen LogP) is 0.660. The predicted molar refractivity (Wildman–Crippen MR) is 151 cm³/mol. The lowest BCUT2D eigenvalue weighted by atomic mass is 9.99. The number of nitrogens with one attached hydrogen (secondary N) is 3. The summed E-state index contributed by atoms with van der Waals surface area (Å²) in [7, 11) is 0. The second-order valence-corrected chi connectivity index (χ2v) is 12.7. The number of carbonyl (C=O) groups excluding carboxylic acids is 5. The fraction of sp³-hybridized carbons (Fsp3) is 0.593. The Morgan fingerprint density at radius 3 is 2.25 bits per heavy atom. The van der Waals surface area contributed by atoms with Gasteiger partial charge in [0.25, 0.3) is 5.91 Å². The maximum atomic E-state index is 13.5. The Bertz CT molecular complexity index is 1070. The van der Waals surface area contributed by atoms with Crippen molar-refractivity contribution in [3.8, 4) is 0 Å². The monoisotopic (exact) mass is 579 g/mol. The van der Waals surface area contributed by atoms with Crippen LogP contribution in [0.2, 0.25) is 0 Å². The number of thioether (sulfide) groups is 1. The largest absolute Gasteiger partial charge is 0.444 e. The van der Waals surface area contributed by atoms with Crippen molar-refractivity contribution < 1.29 is 33.8 Å². The second kappa shape index (κ2) is 13.8. The van der Waals surface area contributed by atoms with E-state index in [4.69, 9.17) is 10.5 Å². The molecule has 0 bridgehead atoms. The number of aliphatic hydroxyl groups is 1. The molecule has 1 aromatic carbocycles. The van der Waals surface area contributed by atoms with Crippen molar-refractivity contribution in [1.82, 2.24) is 20.9 Å². The number of carbonyl (C=O) groups is 5. The van der Waals surface area contributed by atoms with Gasteiger partial charge in [-0.2, -0.15) is 0 Å². The van der Waals surface area contributed by atoms with Crippen molar-refractivity contribution in [2.45, 2.75) is 89.8 Å². The molecule has 13 heteroatoms. The van der Waals surface area contributed by atoms with E-state index in [1.807, 2.05) is 20.8 Å². The molecule has 0 saturated carbocycles.